The van der Waals surface area contributed by atoms with Crippen molar-refractivity contribution in [3.05, 3.63) is 34.2 Å². The number of para-hydroxylation sites is 1. The predicted molar refractivity (Wildman–Crippen MR) is 104 cm³/mol. The lowest BCUT2D eigenvalue weighted by Gasteiger charge is -2.21. The van der Waals surface area contributed by atoms with Gasteiger partial charge in [0.2, 0.25) is 11.8 Å². The summed E-state index contributed by atoms with van der Waals surface area (Å²) >= 11 is 0. The molecular weight excluding hydrogens is 344 g/mol. The second-order valence-electron chi connectivity index (χ2n) is 7.27. The van der Waals surface area contributed by atoms with Crippen LogP contribution in [0.1, 0.15) is 56.6 Å². The van der Waals surface area contributed by atoms with Crippen LogP contribution in [0.2, 0.25) is 0 Å². The van der Waals surface area contributed by atoms with E-state index >= 15 is 0 Å². The van der Waals surface area contributed by atoms with Crippen molar-refractivity contribution in [2.75, 3.05) is 6.54 Å². The quantitative estimate of drug-likeness (QED) is 0.545. The molecule has 2 heterocycles. The van der Waals surface area contributed by atoms with Gasteiger partial charge in [0.1, 0.15) is 6.04 Å². The number of imide groups is 1. The topological polar surface area (TPSA) is 99.1 Å². The molecule has 1 aromatic carbocycles. The smallest absolute Gasteiger partial charge is 0.329 e. The van der Waals surface area contributed by atoms with Crippen molar-refractivity contribution >= 4 is 22.8 Å². The summed E-state index contributed by atoms with van der Waals surface area (Å²) in [6.45, 7) is 0.745. The third kappa shape index (κ3) is 3.98. The number of imidazole rings is 1. The number of hydrogen-bond donors (Lipinski definition) is 2. The maximum absolute atomic E-state index is 12.9. The number of aromatic nitrogens is 2. The fourth-order valence-electron chi connectivity index (χ4n) is 3.94. The number of unbranched alkanes of at least 4 members (excludes halogenated alkanes) is 4. The Bertz CT molecular complexity index is 896. The molecule has 0 aliphatic carbocycles. The van der Waals surface area contributed by atoms with Gasteiger partial charge in [0.25, 0.3) is 0 Å². The summed E-state index contributed by atoms with van der Waals surface area (Å²) in [6, 6.07) is 5.24. The summed E-state index contributed by atoms with van der Waals surface area (Å²) in [5, 5.41) is 2.35. The van der Waals surface area contributed by atoms with Crippen LogP contribution in [0.5, 0.6) is 0 Å². The second-order valence-corrected chi connectivity index (χ2v) is 7.27. The number of amides is 2. The lowest BCUT2D eigenvalue weighted by molar-refractivity contribution is -0.135. The molecule has 3 N–H and O–H groups in total. The highest BCUT2D eigenvalue weighted by Crippen LogP contribution is 2.25. The molecule has 3 rings (SSSR count). The Morgan fingerprint density at radius 1 is 1.11 bits per heavy atom. The Hall–Kier alpha value is -2.41. The van der Waals surface area contributed by atoms with Crippen LogP contribution in [0.25, 0.3) is 11.0 Å². The first kappa shape index (κ1) is 19.4. The summed E-state index contributed by atoms with van der Waals surface area (Å²) in [4.78, 5) is 36.6. The number of piperidine rings is 1. The summed E-state index contributed by atoms with van der Waals surface area (Å²) in [7, 11) is 1.75. The minimum Gasteiger partial charge on any atom is -0.330 e. The zero-order chi connectivity index (χ0) is 19.4. The summed E-state index contributed by atoms with van der Waals surface area (Å²) in [5.74, 6) is -0.675. The van der Waals surface area contributed by atoms with Gasteiger partial charge in [-0.1, -0.05) is 31.4 Å². The molecule has 2 aromatic rings. The van der Waals surface area contributed by atoms with Crippen LogP contribution in [0, 0.1) is 0 Å². The minimum atomic E-state index is -0.634. The SMILES string of the molecule is Cn1c(=O)n(C2CCC(=O)NC2=O)c2cccc(CCCCCCCN)c21. The molecular formula is C20H28N4O3. The van der Waals surface area contributed by atoms with Crippen LogP contribution in [0.15, 0.2) is 23.0 Å². The second kappa shape index (κ2) is 8.52. The van der Waals surface area contributed by atoms with Crippen molar-refractivity contribution in [1.82, 2.24) is 14.5 Å². The van der Waals surface area contributed by atoms with Gasteiger partial charge >= 0.3 is 5.69 Å². The first-order valence-electron chi connectivity index (χ1n) is 9.77. The monoisotopic (exact) mass is 372 g/mol. The standard InChI is InChI=1S/C20H28N4O3/c1-23-18-14(8-5-3-2-4-6-13-21)9-7-10-15(18)24(20(23)27)16-11-12-17(25)22-19(16)26/h7,9-10,16H,2-6,8,11-13,21H2,1H3,(H,22,25,26). The van der Waals surface area contributed by atoms with Crippen molar-refractivity contribution in [1.29, 1.82) is 0 Å². The molecule has 1 saturated heterocycles. The van der Waals surface area contributed by atoms with E-state index in [0.29, 0.717) is 6.42 Å². The summed E-state index contributed by atoms with van der Waals surface area (Å²) in [5.41, 5.74) is 8.08. The van der Waals surface area contributed by atoms with Crippen molar-refractivity contribution in [3.63, 3.8) is 0 Å². The Morgan fingerprint density at radius 2 is 1.85 bits per heavy atom. The highest BCUT2D eigenvalue weighted by molar-refractivity contribution is 6.00. The van der Waals surface area contributed by atoms with Crippen LogP contribution in [0.3, 0.4) is 0 Å². The molecule has 1 aromatic heterocycles. The van der Waals surface area contributed by atoms with Crippen LogP contribution in [-0.2, 0) is 23.1 Å². The molecule has 2 amide bonds. The third-order valence-electron chi connectivity index (χ3n) is 5.36. The van der Waals surface area contributed by atoms with E-state index < -0.39 is 11.9 Å². The fraction of sp³-hybridized carbons (Fsp3) is 0.550. The fourth-order valence-corrected chi connectivity index (χ4v) is 3.94. The van der Waals surface area contributed by atoms with E-state index in [1.807, 2.05) is 12.1 Å². The van der Waals surface area contributed by atoms with E-state index in [1.54, 1.807) is 16.2 Å². The molecule has 1 atom stereocenters. The molecule has 0 bridgehead atoms. The molecule has 27 heavy (non-hydrogen) atoms. The number of aryl methyl sites for hydroxylation is 2. The minimum absolute atomic E-state index is 0.213. The highest BCUT2D eigenvalue weighted by Gasteiger charge is 2.31. The zero-order valence-electron chi connectivity index (χ0n) is 15.9. The van der Waals surface area contributed by atoms with E-state index in [4.69, 9.17) is 5.73 Å². The van der Waals surface area contributed by atoms with Crippen LogP contribution in [0.4, 0.5) is 0 Å². The largest absolute Gasteiger partial charge is 0.330 e. The van der Waals surface area contributed by atoms with E-state index in [-0.39, 0.29) is 18.0 Å². The maximum Gasteiger partial charge on any atom is 0.329 e. The normalized spacial score (nSPS) is 17.5. The predicted octanol–water partition coefficient (Wildman–Crippen LogP) is 1.77. The van der Waals surface area contributed by atoms with E-state index in [9.17, 15) is 14.4 Å². The Morgan fingerprint density at radius 3 is 2.59 bits per heavy atom. The Balaban J connectivity index is 1.85. The molecule has 0 radical (unpaired) electrons. The number of carbonyl (C=O) groups is 2. The number of benzene rings is 1. The molecule has 1 aliphatic heterocycles. The number of fused-ring (bicyclic) bond motifs is 1. The molecule has 1 aliphatic rings. The number of rotatable bonds is 8. The van der Waals surface area contributed by atoms with Gasteiger partial charge in [0, 0.05) is 13.5 Å². The van der Waals surface area contributed by atoms with E-state index in [2.05, 4.69) is 11.4 Å². The van der Waals surface area contributed by atoms with Gasteiger partial charge in [-0.3, -0.25) is 24.0 Å². The molecule has 0 spiro atoms. The zero-order valence-corrected chi connectivity index (χ0v) is 15.9. The Labute approximate surface area is 158 Å². The lowest BCUT2D eigenvalue weighted by Crippen LogP contribution is -2.44. The van der Waals surface area contributed by atoms with Gasteiger partial charge in [-0.2, -0.15) is 0 Å². The van der Waals surface area contributed by atoms with Gasteiger partial charge in [-0.05, 0) is 43.9 Å². The molecule has 0 saturated carbocycles. The van der Waals surface area contributed by atoms with Gasteiger partial charge in [0.05, 0.1) is 11.0 Å². The number of carbonyl (C=O) groups excluding carboxylic acids is 2. The van der Waals surface area contributed by atoms with Crippen LogP contribution >= 0.6 is 0 Å². The average molecular weight is 372 g/mol. The van der Waals surface area contributed by atoms with Gasteiger partial charge in [-0.25, -0.2) is 4.79 Å². The average Bonchev–Trinajstić information content (AvgIpc) is 2.90. The van der Waals surface area contributed by atoms with Crippen molar-refractivity contribution < 1.29 is 9.59 Å². The van der Waals surface area contributed by atoms with Crippen molar-refractivity contribution in [2.45, 2.75) is 57.4 Å². The molecule has 1 unspecified atom stereocenters. The highest BCUT2D eigenvalue weighted by atomic mass is 16.2. The van der Waals surface area contributed by atoms with E-state index in [1.165, 1.54) is 6.42 Å². The third-order valence-corrected chi connectivity index (χ3v) is 5.36. The first-order valence-corrected chi connectivity index (χ1v) is 9.77. The number of nitrogens with two attached hydrogens (primary N) is 1. The number of hydrogen-bond acceptors (Lipinski definition) is 4. The first-order chi connectivity index (χ1) is 13.0. The summed E-state index contributed by atoms with van der Waals surface area (Å²) in [6.07, 6.45) is 7.09. The summed E-state index contributed by atoms with van der Waals surface area (Å²) < 4.78 is 3.17. The molecule has 146 valence electrons. The van der Waals surface area contributed by atoms with Crippen LogP contribution in [-0.4, -0.2) is 27.5 Å². The van der Waals surface area contributed by atoms with Gasteiger partial charge in [-0.15, -0.1) is 0 Å². The number of nitrogens with zero attached hydrogens (tertiary/aromatic N) is 2. The molecule has 7 heteroatoms. The van der Waals surface area contributed by atoms with E-state index in [0.717, 1.165) is 55.2 Å². The molecule has 7 nitrogen and oxygen atoms in total. The maximum atomic E-state index is 12.9. The molecule has 1 fully saturated rings. The lowest BCUT2D eigenvalue weighted by atomic mass is 10.0. The number of nitrogens with one attached hydrogen (secondary N) is 1. The van der Waals surface area contributed by atoms with Crippen LogP contribution < -0.4 is 16.7 Å². The van der Waals surface area contributed by atoms with Gasteiger partial charge in [0.15, 0.2) is 0 Å². The Kier molecular flexibility index (Phi) is 6.11. The van der Waals surface area contributed by atoms with Crippen molar-refractivity contribution in [2.24, 2.45) is 12.8 Å². The van der Waals surface area contributed by atoms with Crippen molar-refractivity contribution in [3.8, 4) is 0 Å². The van der Waals surface area contributed by atoms with Gasteiger partial charge < -0.3 is 5.73 Å².